The lowest BCUT2D eigenvalue weighted by atomic mass is 10.0. The Labute approximate surface area is 67.0 Å². The maximum absolute atomic E-state index is 10.3. The lowest BCUT2D eigenvalue weighted by Gasteiger charge is -2.29. The molecule has 1 N–H and O–H groups in total. The van der Waals surface area contributed by atoms with Crippen molar-refractivity contribution in [3.8, 4) is 0 Å². The summed E-state index contributed by atoms with van der Waals surface area (Å²) in [5.41, 5.74) is 0. The van der Waals surface area contributed by atoms with E-state index < -0.39 is 5.97 Å². The highest BCUT2D eigenvalue weighted by molar-refractivity contribution is 5.64. The number of piperidine rings is 1. The molecule has 1 aliphatic rings. The number of nitrogens with one attached hydrogen (secondary N) is 1. The van der Waals surface area contributed by atoms with E-state index in [0.717, 1.165) is 13.0 Å². The molecule has 64 valence electrons. The summed E-state index contributed by atoms with van der Waals surface area (Å²) in [6, 6.07) is 0.300. The minimum atomic E-state index is -0.906. The predicted molar refractivity (Wildman–Crippen MR) is 39.0 cm³/mol. The summed E-state index contributed by atoms with van der Waals surface area (Å²) in [5.74, 6) is -0.906. The molecule has 1 fully saturated rings. The molecule has 11 heavy (non-hydrogen) atoms. The van der Waals surface area contributed by atoms with E-state index in [4.69, 9.17) is 0 Å². The second kappa shape index (κ2) is 3.72. The average molecular weight is 157 g/mol. The Kier molecular flexibility index (Phi) is 2.88. The van der Waals surface area contributed by atoms with Crippen molar-refractivity contribution in [2.75, 3.05) is 13.6 Å². The van der Waals surface area contributed by atoms with Crippen molar-refractivity contribution in [3.63, 3.8) is 0 Å². The van der Waals surface area contributed by atoms with Crippen LogP contribution in [0.2, 0.25) is 0 Å². The summed E-state index contributed by atoms with van der Waals surface area (Å²) in [4.78, 5) is 11.6. The molecule has 0 aromatic carbocycles. The molecule has 3 heteroatoms. The van der Waals surface area contributed by atoms with Crippen LogP contribution in [0, 0.1) is 0 Å². The van der Waals surface area contributed by atoms with Crippen LogP contribution in [0.25, 0.3) is 0 Å². The Balaban J connectivity index is 2.35. The van der Waals surface area contributed by atoms with Gasteiger partial charge in [-0.05, 0) is 19.3 Å². The molecule has 1 saturated heterocycles. The van der Waals surface area contributed by atoms with Crippen LogP contribution in [0.5, 0.6) is 0 Å². The topological polar surface area (TPSA) is 44.6 Å². The number of carbonyl (C=O) groups is 1. The highest BCUT2D eigenvalue weighted by Gasteiger charge is 2.21. The zero-order valence-corrected chi connectivity index (χ0v) is 6.93. The third-order valence-corrected chi connectivity index (χ3v) is 2.48. The predicted octanol–water partition coefficient (Wildman–Crippen LogP) is -1.81. The molecule has 0 aliphatic carbocycles. The molecule has 2 atom stereocenters. The number of quaternary nitrogens is 1. The first-order valence-corrected chi connectivity index (χ1v) is 4.22. The molecule has 3 nitrogen and oxygen atoms in total. The number of likely N-dealkylation sites (tertiary alicyclic amines) is 1. The van der Waals surface area contributed by atoms with Gasteiger partial charge in [0.15, 0.2) is 0 Å². The standard InChI is InChI=1S/C8H15NO2/c1-9-5-3-2-4-7(9)6-8(10)11/h7H,2-6H2,1H3,(H,10,11)/t7-/m0/s1. The van der Waals surface area contributed by atoms with E-state index in [9.17, 15) is 9.90 Å². The molecule has 1 unspecified atom stereocenters. The number of carbonyl (C=O) groups excluding carboxylic acids is 1. The monoisotopic (exact) mass is 157 g/mol. The van der Waals surface area contributed by atoms with E-state index >= 15 is 0 Å². The molecule has 1 aliphatic heterocycles. The van der Waals surface area contributed by atoms with E-state index in [2.05, 4.69) is 7.05 Å². The molecule has 0 bridgehead atoms. The molecule has 0 spiro atoms. The minimum absolute atomic E-state index is 0.228. The molecule has 0 radical (unpaired) electrons. The van der Waals surface area contributed by atoms with Crippen LogP contribution in [0.3, 0.4) is 0 Å². The highest BCUT2D eigenvalue weighted by atomic mass is 16.4. The highest BCUT2D eigenvalue weighted by Crippen LogP contribution is 2.04. The first-order valence-electron chi connectivity index (χ1n) is 4.22. The lowest BCUT2D eigenvalue weighted by molar-refractivity contribution is -0.910. The molecule has 0 aromatic heterocycles. The van der Waals surface area contributed by atoms with Gasteiger partial charge in [-0.1, -0.05) is 0 Å². The fraction of sp³-hybridized carbons (Fsp3) is 0.875. The van der Waals surface area contributed by atoms with Gasteiger partial charge >= 0.3 is 0 Å². The van der Waals surface area contributed by atoms with E-state index in [-0.39, 0.29) is 6.42 Å². The Morgan fingerprint density at radius 1 is 1.64 bits per heavy atom. The second-order valence-corrected chi connectivity index (χ2v) is 3.37. The van der Waals surface area contributed by atoms with Crippen molar-refractivity contribution in [2.45, 2.75) is 31.7 Å². The van der Waals surface area contributed by atoms with Crippen molar-refractivity contribution in [1.29, 1.82) is 0 Å². The lowest BCUT2D eigenvalue weighted by Crippen LogP contribution is -3.14. The number of hydrogen-bond donors (Lipinski definition) is 1. The number of rotatable bonds is 2. The molecule has 0 amide bonds. The number of carboxylic acids is 1. The molecular weight excluding hydrogens is 142 g/mol. The molecular formula is C8H15NO2. The van der Waals surface area contributed by atoms with E-state index in [0.29, 0.717) is 6.04 Å². The first-order chi connectivity index (χ1) is 5.20. The molecule has 0 aromatic rings. The van der Waals surface area contributed by atoms with Crippen molar-refractivity contribution in [2.24, 2.45) is 0 Å². The van der Waals surface area contributed by atoms with Gasteiger partial charge in [0.05, 0.1) is 19.6 Å². The van der Waals surface area contributed by atoms with Crippen LogP contribution in [0.15, 0.2) is 0 Å². The number of hydrogen-bond acceptors (Lipinski definition) is 2. The van der Waals surface area contributed by atoms with Gasteiger partial charge in [-0.25, -0.2) is 0 Å². The normalized spacial score (nSPS) is 31.7. The van der Waals surface area contributed by atoms with Crippen LogP contribution in [-0.2, 0) is 4.79 Å². The fourth-order valence-corrected chi connectivity index (χ4v) is 1.72. The van der Waals surface area contributed by atoms with Gasteiger partial charge in [0.1, 0.15) is 0 Å². The Morgan fingerprint density at radius 2 is 2.36 bits per heavy atom. The maximum Gasteiger partial charge on any atom is 0.0925 e. The summed E-state index contributed by atoms with van der Waals surface area (Å²) in [7, 11) is 2.06. The first kappa shape index (κ1) is 8.53. The van der Waals surface area contributed by atoms with Gasteiger partial charge in [-0.3, -0.25) is 0 Å². The van der Waals surface area contributed by atoms with Gasteiger partial charge in [-0.15, -0.1) is 0 Å². The van der Waals surface area contributed by atoms with Crippen LogP contribution in [0.1, 0.15) is 25.7 Å². The SMILES string of the molecule is C[NH+]1CCCC[C@H]1CC(=O)[O-]. The van der Waals surface area contributed by atoms with E-state index in [1.165, 1.54) is 17.7 Å². The minimum Gasteiger partial charge on any atom is -0.550 e. The van der Waals surface area contributed by atoms with Crippen LogP contribution in [-0.4, -0.2) is 25.6 Å². The van der Waals surface area contributed by atoms with Crippen LogP contribution in [0.4, 0.5) is 0 Å². The molecule has 0 saturated carbocycles. The largest absolute Gasteiger partial charge is 0.550 e. The maximum atomic E-state index is 10.3. The van der Waals surface area contributed by atoms with E-state index in [1.807, 2.05) is 0 Å². The average Bonchev–Trinajstić information content (AvgIpc) is 1.93. The van der Waals surface area contributed by atoms with Crippen molar-refractivity contribution < 1.29 is 14.8 Å². The number of aliphatic carboxylic acids is 1. The fourth-order valence-electron chi connectivity index (χ4n) is 1.72. The van der Waals surface area contributed by atoms with Crippen LogP contribution >= 0.6 is 0 Å². The smallest absolute Gasteiger partial charge is 0.0925 e. The van der Waals surface area contributed by atoms with E-state index in [1.54, 1.807) is 0 Å². The summed E-state index contributed by atoms with van der Waals surface area (Å²) < 4.78 is 0. The van der Waals surface area contributed by atoms with Crippen LogP contribution < -0.4 is 10.0 Å². The van der Waals surface area contributed by atoms with Gasteiger partial charge in [0, 0.05) is 12.4 Å². The third-order valence-electron chi connectivity index (χ3n) is 2.48. The zero-order chi connectivity index (χ0) is 8.27. The Hall–Kier alpha value is -0.570. The van der Waals surface area contributed by atoms with Crippen molar-refractivity contribution in [1.82, 2.24) is 0 Å². The van der Waals surface area contributed by atoms with Crippen molar-refractivity contribution in [3.05, 3.63) is 0 Å². The Bertz CT molecular complexity index is 147. The summed E-state index contributed by atoms with van der Waals surface area (Å²) in [6.07, 6.45) is 3.68. The second-order valence-electron chi connectivity index (χ2n) is 3.37. The summed E-state index contributed by atoms with van der Waals surface area (Å²) in [6.45, 7) is 1.11. The molecule has 1 rings (SSSR count). The third kappa shape index (κ3) is 2.50. The quantitative estimate of drug-likeness (QED) is 0.513. The van der Waals surface area contributed by atoms with Gasteiger partial charge in [0.25, 0.3) is 0 Å². The summed E-state index contributed by atoms with van der Waals surface area (Å²) >= 11 is 0. The summed E-state index contributed by atoms with van der Waals surface area (Å²) in [5, 5.41) is 10.3. The van der Waals surface area contributed by atoms with Gasteiger partial charge in [0.2, 0.25) is 0 Å². The van der Waals surface area contributed by atoms with Gasteiger partial charge < -0.3 is 14.8 Å². The number of carboxylic acid groups (broad SMARTS) is 1. The Morgan fingerprint density at radius 3 is 2.91 bits per heavy atom. The van der Waals surface area contributed by atoms with Crippen molar-refractivity contribution >= 4 is 5.97 Å². The van der Waals surface area contributed by atoms with Gasteiger partial charge in [-0.2, -0.15) is 0 Å². The molecule has 1 heterocycles. The zero-order valence-electron chi connectivity index (χ0n) is 6.93.